The summed E-state index contributed by atoms with van der Waals surface area (Å²) in [6, 6.07) is 10.6. The van der Waals surface area contributed by atoms with Crippen LogP contribution in [0, 0.1) is 0 Å². The second kappa shape index (κ2) is 5.73. The molecule has 20 heavy (non-hydrogen) atoms. The van der Waals surface area contributed by atoms with Crippen molar-refractivity contribution in [3.8, 4) is 0 Å². The van der Waals surface area contributed by atoms with Gasteiger partial charge in [0.2, 0.25) is 0 Å². The maximum Gasteiger partial charge on any atom is 0.0469 e. The Labute approximate surface area is 120 Å². The highest BCUT2D eigenvalue weighted by Crippen LogP contribution is 2.34. The molecule has 1 aromatic heterocycles. The third-order valence-electron chi connectivity index (χ3n) is 4.27. The van der Waals surface area contributed by atoms with Gasteiger partial charge >= 0.3 is 0 Å². The van der Waals surface area contributed by atoms with Crippen molar-refractivity contribution in [3.05, 3.63) is 64.5 Å². The second-order valence-corrected chi connectivity index (χ2v) is 5.50. The molecule has 4 N–H and O–H groups in total. The zero-order chi connectivity index (χ0) is 13.9. The fraction of sp³-hybridized carbons (Fsp3) is 0.353. The van der Waals surface area contributed by atoms with E-state index in [-0.39, 0.29) is 0 Å². The van der Waals surface area contributed by atoms with Crippen molar-refractivity contribution in [1.82, 2.24) is 4.98 Å². The summed E-state index contributed by atoms with van der Waals surface area (Å²) in [5.74, 6) is 0.518. The van der Waals surface area contributed by atoms with Crippen LogP contribution in [0.25, 0.3) is 0 Å². The summed E-state index contributed by atoms with van der Waals surface area (Å²) in [5.41, 5.74) is 18.0. The number of hydrogen-bond acceptors (Lipinski definition) is 3. The summed E-state index contributed by atoms with van der Waals surface area (Å²) >= 11 is 0. The maximum absolute atomic E-state index is 5.86. The fourth-order valence-corrected chi connectivity index (χ4v) is 3.16. The van der Waals surface area contributed by atoms with Crippen LogP contribution in [-0.2, 0) is 25.9 Å². The molecule has 1 unspecified atom stereocenters. The molecule has 0 fully saturated rings. The van der Waals surface area contributed by atoms with Gasteiger partial charge in [-0.05, 0) is 47.6 Å². The normalized spacial score (nSPS) is 17.2. The second-order valence-electron chi connectivity index (χ2n) is 5.50. The van der Waals surface area contributed by atoms with Crippen molar-refractivity contribution in [3.63, 3.8) is 0 Å². The first-order valence-electron chi connectivity index (χ1n) is 7.26. The zero-order valence-electron chi connectivity index (χ0n) is 11.7. The van der Waals surface area contributed by atoms with Crippen molar-refractivity contribution < 1.29 is 0 Å². The first-order valence-corrected chi connectivity index (χ1v) is 7.26. The molecule has 0 spiro atoms. The Hall–Kier alpha value is -1.71. The lowest BCUT2D eigenvalue weighted by Gasteiger charge is -2.15. The average Bonchev–Trinajstić information content (AvgIpc) is 2.90. The van der Waals surface area contributed by atoms with Gasteiger partial charge in [-0.25, -0.2) is 0 Å². The molecule has 1 aliphatic rings. The maximum atomic E-state index is 5.86. The summed E-state index contributed by atoms with van der Waals surface area (Å²) < 4.78 is 0. The molecule has 104 valence electrons. The van der Waals surface area contributed by atoms with E-state index in [2.05, 4.69) is 29.2 Å². The minimum absolute atomic E-state index is 0.518. The van der Waals surface area contributed by atoms with E-state index in [1.165, 1.54) is 34.4 Å². The number of benzene rings is 1. The Morgan fingerprint density at radius 1 is 1.10 bits per heavy atom. The van der Waals surface area contributed by atoms with E-state index >= 15 is 0 Å². The van der Waals surface area contributed by atoms with Crippen LogP contribution < -0.4 is 11.5 Å². The van der Waals surface area contributed by atoms with Crippen LogP contribution in [0.5, 0.6) is 0 Å². The molecule has 3 rings (SSSR count). The van der Waals surface area contributed by atoms with Crippen molar-refractivity contribution in [2.75, 3.05) is 0 Å². The van der Waals surface area contributed by atoms with Gasteiger partial charge in [-0.15, -0.1) is 0 Å². The molecule has 1 aromatic carbocycles. The molecule has 2 aromatic rings. The summed E-state index contributed by atoms with van der Waals surface area (Å²) in [5, 5.41) is 0. The molecule has 1 heterocycles. The largest absolute Gasteiger partial charge is 0.326 e. The van der Waals surface area contributed by atoms with Gasteiger partial charge in [0.05, 0.1) is 0 Å². The third-order valence-corrected chi connectivity index (χ3v) is 4.27. The number of fused-ring (bicyclic) bond motifs is 1. The summed E-state index contributed by atoms with van der Waals surface area (Å²) in [4.78, 5) is 4.58. The van der Waals surface area contributed by atoms with E-state index in [9.17, 15) is 0 Å². The van der Waals surface area contributed by atoms with Crippen LogP contribution >= 0.6 is 0 Å². The Kier molecular flexibility index (Phi) is 3.81. The number of rotatable bonds is 4. The van der Waals surface area contributed by atoms with Gasteiger partial charge < -0.3 is 11.5 Å². The van der Waals surface area contributed by atoms with Gasteiger partial charge in [0.15, 0.2) is 0 Å². The monoisotopic (exact) mass is 267 g/mol. The van der Waals surface area contributed by atoms with Gasteiger partial charge in [0.25, 0.3) is 0 Å². The van der Waals surface area contributed by atoms with E-state index in [0.717, 1.165) is 12.8 Å². The SMILES string of the molecule is NCc1ccc(CN)c(CC2CCc3cccnc32)c1. The Balaban J connectivity index is 1.88. The smallest absolute Gasteiger partial charge is 0.0469 e. The van der Waals surface area contributed by atoms with Gasteiger partial charge in [-0.1, -0.05) is 24.3 Å². The van der Waals surface area contributed by atoms with Crippen LogP contribution in [0.4, 0.5) is 0 Å². The predicted molar refractivity (Wildman–Crippen MR) is 81.2 cm³/mol. The van der Waals surface area contributed by atoms with Crippen molar-refractivity contribution in [2.45, 2.75) is 38.3 Å². The number of nitrogens with two attached hydrogens (primary N) is 2. The Morgan fingerprint density at radius 3 is 2.80 bits per heavy atom. The van der Waals surface area contributed by atoms with Gasteiger partial charge in [-0.3, -0.25) is 4.98 Å². The quantitative estimate of drug-likeness (QED) is 0.893. The van der Waals surface area contributed by atoms with Crippen LogP contribution in [0.1, 0.15) is 40.3 Å². The van der Waals surface area contributed by atoms with Crippen LogP contribution in [0.3, 0.4) is 0 Å². The Morgan fingerprint density at radius 2 is 2.00 bits per heavy atom. The third kappa shape index (κ3) is 2.47. The minimum atomic E-state index is 0.518. The highest BCUT2D eigenvalue weighted by atomic mass is 14.7. The predicted octanol–water partition coefficient (Wildman–Crippen LogP) is 2.27. The molecule has 0 saturated heterocycles. The number of hydrogen-bond donors (Lipinski definition) is 2. The summed E-state index contributed by atoms with van der Waals surface area (Å²) in [6.45, 7) is 1.17. The number of nitrogens with zero attached hydrogens (tertiary/aromatic N) is 1. The van der Waals surface area contributed by atoms with Crippen LogP contribution in [0.2, 0.25) is 0 Å². The Bertz CT molecular complexity index is 607. The first kappa shape index (κ1) is 13.3. The van der Waals surface area contributed by atoms with Crippen molar-refractivity contribution >= 4 is 0 Å². The first-order chi connectivity index (χ1) is 9.81. The molecular weight excluding hydrogens is 246 g/mol. The van der Waals surface area contributed by atoms with Crippen LogP contribution in [-0.4, -0.2) is 4.98 Å². The summed E-state index contributed by atoms with van der Waals surface area (Å²) in [6.07, 6.45) is 5.24. The minimum Gasteiger partial charge on any atom is -0.326 e. The van der Waals surface area contributed by atoms with Gasteiger partial charge in [0, 0.05) is 30.9 Å². The highest BCUT2D eigenvalue weighted by molar-refractivity contribution is 5.36. The average molecular weight is 267 g/mol. The van der Waals surface area contributed by atoms with E-state index in [0.29, 0.717) is 19.0 Å². The van der Waals surface area contributed by atoms with Crippen LogP contribution in [0.15, 0.2) is 36.5 Å². The lowest BCUT2D eigenvalue weighted by molar-refractivity contribution is 0.656. The number of pyridine rings is 1. The van der Waals surface area contributed by atoms with E-state index in [1.54, 1.807) is 0 Å². The number of aryl methyl sites for hydroxylation is 1. The van der Waals surface area contributed by atoms with E-state index in [1.807, 2.05) is 12.3 Å². The molecule has 0 aliphatic heterocycles. The molecule has 1 atom stereocenters. The molecule has 0 amide bonds. The lowest BCUT2D eigenvalue weighted by Crippen LogP contribution is -2.08. The number of aromatic nitrogens is 1. The van der Waals surface area contributed by atoms with Crippen molar-refractivity contribution in [1.29, 1.82) is 0 Å². The van der Waals surface area contributed by atoms with Crippen molar-refractivity contribution in [2.24, 2.45) is 11.5 Å². The highest BCUT2D eigenvalue weighted by Gasteiger charge is 2.24. The molecular formula is C17H21N3. The topological polar surface area (TPSA) is 64.9 Å². The standard InChI is InChI=1S/C17H21N3/c18-10-12-3-4-15(11-19)16(8-12)9-14-6-5-13-2-1-7-20-17(13)14/h1-4,7-8,14H,5-6,9-11,18-19H2. The van der Waals surface area contributed by atoms with E-state index < -0.39 is 0 Å². The van der Waals surface area contributed by atoms with Gasteiger partial charge in [-0.2, -0.15) is 0 Å². The molecule has 0 radical (unpaired) electrons. The van der Waals surface area contributed by atoms with E-state index in [4.69, 9.17) is 11.5 Å². The molecule has 0 saturated carbocycles. The van der Waals surface area contributed by atoms with Gasteiger partial charge in [0.1, 0.15) is 0 Å². The molecule has 1 aliphatic carbocycles. The molecule has 3 heteroatoms. The molecule has 0 bridgehead atoms. The zero-order valence-corrected chi connectivity index (χ0v) is 11.7. The fourth-order valence-electron chi connectivity index (χ4n) is 3.16. The molecule has 3 nitrogen and oxygen atoms in total. The summed E-state index contributed by atoms with van der Waals surface area (Å²) in [7, 11) is 0. The lowest BCUT2D eigenvalue weighted by atomic mass is 9.92.